The predicted octanol–water partition coefficient (Wildman–Crippen LogP) is 5.34. The van der Waals surface area contributed by atoms with Gasteiger partial charge in [-0.25, -0.2) is 13.1 Å². The number of carbonyl (C=O) groups is 1. The molecule has 4 atom stereocenters. The van der Waals surface area contributed by atoms with Crippen molar-refractivity contribution in [3.63, 3.8) is 0 Å². The molecule has 3 saturated carbocycles. The number of benzene rings is 1. The van der Waals surface area contributed by atoms with Gasteiger partial charge in [-0.1, -0.05) is 50.7 Å². The first-order valence-electron chi connectivity index (χ1n) is 13.3. The first-order valence-corrected chi connectivity index (χ1v) is 14.8. The van der Waals surface area contributed by atoms with E-state index in [9.17, 15) is 13.2 Å². The average molecular weight is 475 g/mol. The van der Waals surface area contributed by atoms with Gasteiger partial charge in [0.15, 0.2) is 0 Å². The van der Waals surface area contributed by atoms with Crippen LogP contribution in [-0.4, -0.2) is 25.6 Å². The number of rotatable bonds is 7. The molecule has 0 aromatic heterocycles. The fourth-order valence-corrected chi connectivity index (χ4v) is 8.00. The zero-order chi connectivity index (χ0) is 23.3. The van der Waals surface area contributed by atoms with E-state index in [1.54, 1.807) is 12.1 Å². The number of hydrogen-bond donors (Lipinski definition) is 2. The highest BCUT2D eigenvalue weighted by Gasteiger charge is 2.30. The fraction of sp³-hybridized carbons (Fsp3) is 0.741. The van der Waals surface area contributed by atoms with Gasteiger partial charge in [-0.15, -0.1) is 0 Å². The molecule has 3 aliphatic carbocycles. The van der Waals surface area contributed by atoms with E-state index in [0.717, 1.165) is 43.9 Å². The lowest BCUT2D eigenvalue weighted by Crippen LogP contribution is -2.38. The van der Waals surface area contributed by atoms with Crippen LogP contribution >= 0.6 is 0 Å². The molecule has 1 aromatic carbocycles. The number of hydrogen-bond acceptors (Lipinski definition) is 4. The van der Waals surface area contributed by atoms with E-state index < -0.39 is 21.2 Å². The molecule has 184 valence electrons. The highest BCUT2D eigenvalue weighted by Crippen LogP contribution is 2.40. The van der Waals surface area contributed by atoms with Crippen molar-refractivity contribution in [3.05, 3.63) is 35.4 Å². The first-order chi connectivity index (χ1) is 15.9. The number of carbonyl (C=O) groups excluding carboxylic acids is 1. The second-order valence-corrected chi connectivity index (χ2v) is 13.0. The topological polar surface area (TPSA) is 89.3 Å². The van der Waals surface area contributed by atoms with Crippen LogP contribution in [-0.2, 0) is 16.4 Å². The summed E-state index contributed by atoms with van der Waals surface area (Å²) in [5.41, 5.74) is 7.75. The SMILES string of the molecule is NC1CCC(CC2CCC(Cc3ccc(C(=O)NS(=O)(=O)C4CCCCCCC4)cc3)C2)C1. The lowest BCUT2D eigenvalue weighted by Gasteiger charge is -2.20. The van der Waals surface area contributed by atoms with Gasteiger partial charge in [0.2, 0.25) is 10.0 Å². The number of nitrogens with one attached hydrogen (secondary N) is 1. The molecule has 1 amide bonds. The van der Waals surface area contributed by atoms with Gasteiger partial charge in [-0.2, -0.15) is 0 Å². The Morgan fingerprint density at radius 3 is 2.09 bits per heavy atom. The molecule has 3 fully saturated rings. The standard InChI is InChI=1S/C27H42N2O3S/c28-25-15-12-23(19-25)18-22-9-8-21(17-22)16-20-10-13-24(14-11-20)27(30)29-33(31,32)26-6-4-2-1-3-5-7-26/h10-11,13-14,21-23,25-26H,1-9,12,15-19,28H2,(H,29,30). The molecule has 3 N–H and O–H groups in total. The second-order valence-electron chi connectivity index (χ2n) is 11.1. The summed E-state index contributed by atoms with van der Waals surface area (Å²) in [5, 5.41) is -0.448. The molecule has 0 heterocycles. The van der Waals surface area contributed by atoms with Crippen LogP contribution in [0.5, 0.6) is 0 Å². The Kier molecular flexibility index (Phi) is 8.50. The molecule has 0 spiro atoms. The van der Waals surface area contributed by atoms with E-state index in [-0.39, 0.29) is 0 Å². The fourth-order valence-electron chi connectivity index (χ4n) is 6.50. The second kappa shape index (κ2) is 11.4. The predicted molar refractivity (Wildman–Crippen MR) is 133 cm³/mol. The number of amides is 1. The molecule has 33 heavy (non-hydrogen) atoms. The van der Waals surface area contributed by atoms with Gasteiger partial charge in [-0.3, -0.25) is 4.79 Å². The van der Waals surface area contributed by atoms with Crippen LogP contribution in [0.15, 0.2) is 24.3 Å². The first kappa shape index (κ1) is 24.7. The minimum Gasteiger partial charge on any atom is -0.328 e. The highest BCUT2D eigenvalue weighted by atomic mass is 32.2. The zero-order valence-corrected chi connectivity index (χ0v) is 20.8. The van der Waals surface area contributed by atoms with Gasteiger partial charge < -0.3 is 5.73 Å². The third-order valence-electron chi connectivity index (χ3n) is 8.36. The van der Waals surface area contributed by atoms with Gasteiger partial charge in [0, 0.05) is 11.6 Å². The minimum atomic E-state index is -3.63. The van der Waals surface area contributed by atoms with Crippen LogP contribution < -0.4 is 10.5 Å². The van der Waals surface area contributed by atoms with Crippen LogP contribution in [0.25, 0.3) is 0 Å². The Hall–Kier alpha value is -1.40. The summed E-state index contributed by atoms with van der Waals surface area (Å²) in [4.78, 5) is 12.6. The zero-order valence-electron chi connectivity index (χ0n) is 20.0. The van der Waals surface area contributed by atoms with E-state index >= 15 is 0 Å². The molecule has 0 saturated heterocycles. The van der Waals surface area contributed by atoms with Crippen molar-refractivity contribution >= 4 is 15.9 Å². The maximum absolute atomic E-state index is 12.8. The van der Waals surface area contributed by atoms with E-state index in [1.807, 2.05) is 12.1 Å². The maximum atomic E-state index is 12.8. The molecule has 4 rings (SSSR count). The molecule has 0 bridgehead atoms. The van der Waals surface area contributed by atoms with Crippen LogP contribution in [0.4, 0.5) is 0 Å². The van der Waals surface area contributed by atoms with E-state index in [4.69, 9.17) is 5.73 Å². The lowest BCUT2D eigenvalue weighted by molar-refractivity contribution is 0.0981. The summed E-state index contributed by atoms with van der Waals surface area (Å²) in [6, 6.07) is 7.99. The van der Waals surface area contributed by atoms with Crippen LogP contribution in [0.2, 0.25) is 0 Å². The summed E-state index contributed by atoms with van der Waals surface area (Å²) in [6.45, 7) is 0. The Labute approximate surface area is 200 Å². The van der Waals surface area contributed by atoms with Crippen LogP contribution in [0, 0.1) is 17.8 Å². The molecule has 0 radical (unpaired) electrons. The summed E-state index contributed by atoms with van der Waals surface area (Å²) < 4.78 is 27.9. The monoisotopic (exact) mass is 474 g/mol. The van der Waals surface area contributed by atoms with E-state index in [1.165, 1.54) is 56.9 Å². The summed E-state index contributed by atoms with van der Waals surface area (Å²) in [5.74, 6) is 1.89. The smallest absolute Gasteiger partial charge is 0.264 e. The van der Waals surface area contributed by atoms with Crippen LogP contribution in [0.1, 0.15) is 106 Å². The lowest BCUT2D eigenvalue weighted by atomic mass is 9.90. The van der Waals surface area contributed by atoms with Gasteiger partial charge in [0.05, 0.1) is 5.25 Å². The van der Waals surface area contributed by atoms with Gasteiger partial charge >= 0.3 is 0 Å². The highest BCUT2D eigenvalue weighted by molar-refractivity contribution is 7.90. The summed E-state index contributed by atoms with van der Waals surface area (Å²) in [7, 11) is -3.63. The van der Waals surface area contributed by atoms with Gasteiger partial charge in [-0.05, 0) is 93.2 Å². The Balaban J connectivity index is 1.26. The Bertz CT molecular complexity index is 875. The minimum absolute atomic E-state index is 0.426. The quantitative estimate of drug-likeness (QED) is 0.558. The average Bonchev–Trinajstić information content (AvgIpc) is 3.36. The largest absolute Gasteiger partial charge is 0.328 e. The third kappa shape index (κ3) is 7.05. The molecule has 5 nitrogen and oxygen atoms in total. The van der Waals surface area contributed by atoms with Crippen molar-refractivity contribution < 1.29 is 13.2 Å². The summed E-state index contributed by atoms with van der Waals surface area (Å²) >= 11 is 0. The Morgan fingerprint density at radius 2 is 1.42 bits per heavy atom. The number of nitrogens with two attached hydrogens (primary N) is 1. The van der Waals surface area contributed by atoms with Gasteiger partial charge in [0.25, 0.3) is 5.91 Å². The number of sulfonamides is 1. The van der Waals surface area contributed by atoms with Crippen molar-refractivity contribution in [1.82, 2.24) is 4.72 Å². The molecular formula is C27H42N2O3S. The van der Waals surface area contributed by atoms with Gasteiger partial charge in [0.1, 0.15) is 0 Å². The third-order valence-corrected chi connectivity index (χ3v) is 10.2. The van der Waals surface area contributed by atoms with Crippen molar-refractivity contribution in [2.75, 3.05) is 0 Å². The maximum Gasteiger partial charge on any atom is 0.264 e. The Morgan fingerprint density at radius 1 is 0.818 bits per heavy atom. The molecule has 4 unspecified atom stereocenters. The van der Waals surface area contributed by atoms with Crippen molar-refractivity contribution in [1.29, 1.82) is 0 Å². The normalized spacial score (nSPS) is 29.5. The molecular weight excluding hydrogens is 432 g/mol. The molecule has 3 aliphatic rings. The van der Waals surface area contributed by atoms with E-state index in [2.05, 4.69) is 4.72 Å². The molecule has 1 aromatic rings. The molecule has 6 heteroatoms. The van der Waals surface area contributed by atoms with Crippen molar-refractivity contribution in [2.24, 2.45) is 23.5 Å². The molecule has 0 aliphatic heterocycles. The van der Waals surface area contributed by atoms with Crippen molar-refractivity contribution in [3.8, 4) is 0 Å². The summed E-state index contributed by atoms with van der Waals surface area (Å²) in [6.07, 6.45) is 16.5. The van der Waals surface area contributed by atoms with Crippen LogP contribution in [0.3, 0.4) is 0 Å². The van der Waals surface area contributed by atoms with Crippen molar-refractivity contribution in [2.45, 2.75) is 108 Å². The van der Waals surface area contributed by atoms with E-state index in [0.29, 0.717) is 30.4 Å².